The lowest BCUT2D eigenvalue weighted by molar-refractivity contribution is -0.138. The van der Waals surface area contributed by atoms with Crippen LogP contribution < -0.4 is 9.47 Å². The van der Waals surface area contributed by atoms with Crippen molar-refractivity contribution in [2.75, 3.05) is 13.2 Å². The molecule has 0 N–H and O–H groups in total. The number of hydrogen-bond donors (Lipinski definition) is 0. The Balaban J connectivity index is 1.82. The van der Waals surface area contributed by atoms with Crippen molar-refractivity contribution in [1.29, 1.82) is 0 Å². The molecular weight excluding hydrogens is 496 g/mol. The van der Waals surface area contributed by atoms with E-state index >= 15 is 0 Å². The van der Waals surface area contributed by atoms with Crippen LogP contribution in [0.5, 0.6) is 11.5 Å². The fourth-order valence-electron chi connectivity index (χ4n) is 2.95. The Hall–Kier alpha value is -5.38. The molecule has 192 valence electrons. The van der Waals surface area contributed by atoms with Crippen molar-refractivity contribution in [2.24, 2.45) is 0 Å². The minimum absolute atomic E-state index is 0.0605. The Labute approximate surface area is 216 Å². The average Bonchev–Trinajstić information content (AvgIpc) is 2.95. The van der Waals surface area contributed by atoms with Crippen molar-refractivity contribution in [3.8, 4) is 11.5 Å². The third kappa shape index (κ3) is 7.31. The summed E-state index contributed by atoms with van der Waals surface area (Å²) in [6, 6.07) is 15.0. The molecule has 0 aliphatic carbocycles. The van der Waals surface area contributed by atoms with Gasteiger partial charge >= 0.3 is 23.9 Å². The first-order valence-electron chi connectivity index (χ1n) is 11.0. The SMILES string of the molecule is C=CC(=O)OCCOC(=O)c1cc(OC(=O)c2ccc(C=O)cc2)ccc1OC(=O)c1ccc(C=O)cc1. The zero-order chi connectivity index (χ0) is 27.5. The van der Waals surface area contributed by atoms with Crippen LogP contribution in [0.3, 0.4) is 0 Å². The quantitative estimate of drug-likeness (QED) is 0.122. The number of benzene rings is 3. The van der Waals surface area contributed by atoms with Crippen LogP contribution in [0, 0.1) is 0 Å². The molecule has 3 aromatic carbocycles. The second-order valence-electron chi connectivity index (χ2n) is 7.42. The molecule has 10 heteroatoms. The average molecular weight is 516 g/mol. The van der Waals surface area contributed by atoms with Gasteiger partial charge < -0.3 is 18.9 Å². The van der Waals surface area contributed by atoms with Crippen molar-refractivity contribution in [3.05, 3.63) is 107 Å². The smallest absolute Gasteiger partial charge is 0.343 e. The topological polar surface area (TPSA) is 139 Å². The number of esters is 4. The molecule has 10 nitrogen and oxygen atoms in total. The molecule has 0 radical (unpaired) electrons. The minimum atomic E-state index is -0.952. The number of rotatable bonds is 11. The molecule has 0 amide bonds. The lowest BCUT2D eigenvalue weighted by Gasteiger charge is -2.12. The highest BCUT2D eigenvalue weighted by Crippen LogP contribution is 2.27. The predicted molar refractivity (Wildman–Crippen MR) is 131 cm³/mol. The van der Waals surface area contributed by atoms with Gasteiger partial charge in [0.1, 0.15) is 42.8 Å². The molecule has 0 aliphatic rings. The number of aldehydes is 2. The monoisotopic (exact) mass is 516 g/mol. The van der Waals surface area contributed by atoms with Crippen LogP contribution in [0.25, 0.3) is 0 Å². The number of hydrogen-bond acceptors (Lipinski definition) is 10. The van der Waals surface area contributed by atoms with E-state index < -0.39 is 23.9 Å². The summed E-state index contributed by atoms with van der Waals surface area (Å²) in [5.74, 6) is -3.50. The molecule has 0 atom stereocenters. The maximum absolute atomic E-state index is 12.8. The fraction of sp³-hybridized carbons (Fsp3) is 0.0714. The Kier molecular flexibility index (Phi) is 9.36. The van der Waals surface area contributed by atoms with E-state index in [2.05, 4.69) is 6.58 Å². The summed E-state index contributed by atoms with van der Waals surface area (Å²) in [5, 5.41) is 0. The van der Waals surface area contributed by atoms with Crippen molar-refractivity contribution in [1.82, 2.24) is 0 Å². The summed E-state index contributed by atoms with van der Waals surface area (Å²) in [6.07, 6.45) is 2.19. The number of carbonyl (C=O) groups is 6. The molecule has 38 heavy (non-hydrogen) atoms. The van der Waals surface area contributed by atoms with Gasteiger partial charge in [-0.3, -0.25) is 9.59 Å². The van der Waals surface area contributed by atoms with Gasteiger partial charge in [-0.25, -0.2) is 19.2 Å². The van der Waals surface area contributed by atoms with Crippen molar-refractivity contribution in [2.45, 2.75) is 0 Å². The van der Waals surface area contributed by atoms with Crippen LogP contribution in [-0.2, 0) is 14.3 Å². The molecular formula is C28H20O10. The van der Waals surface area contributed by atoms with E-state index in [-0.39, 0.29) is 41.4 Å². The second-order valence-corrected chi connectivity index (χ2v) is 7.42. The van der Waals surface area contributed by atoms with Gasteiger partial charge in [0.05, 0.1) is 11.1 Å². The third-order valence-electron chi connectivity index (χ3n) is 4.88. The van der Waals surface area contributed by atoms with Crippen LogP contribution in [0.2, 0.25) is 0 Å². The standard InChI is InChI=1S/C28H20O10/c1-2-25(31)35-13-14-36-28(34)23-15-22(37-26(32)20-7-3-18(16-29)4-8-20)11-12-24(23)38-27(33)21-9-5-19(17-30)6-10-21/h2-12,15-17H,1,13-14H2. The highest BCUT2D eigenvalue weighted by atomic mass is 16.6. The Morgan fingerprint density at radius 2 is 1.18 bits per heavy atom. The van der Waals surface area contributed by atoms with Gasteiger partial charge in [-0.05, 0) is 42.5 Å². The Bertz CT molecular complexity index is 1370. The van der Waals surface area contributed by atoms with Crippen LogP contribution in [0.4, 0.5) is 0 Å². The van der Waals surface area contributed by atoms with Gasteiger partial charge in [0.2, 0.25) is 0 Å². The Morgan fingerprint density at radius 3 is 1.71 bits per heavy atom. The summed E-state index contributed by atoms with van der Waals surface area (Å²) in [6.45, 7) is 2.69. The van der Waals surface area contributed by atoms with Gasteiger partial charge in [-0.2, -0.15) is 0 Å². The molecule has 0 aliphatic heterocycles. The Morgan fingerprint density at radius 1 is 0.658 bits per heavy atom. The number of ether oxygens (including phenoxy) is 4. The first-order chi connectivity index (χ1) is 18.3. The van der Waals surface area contributed by atoms with Crippen LogP contribution >= 0.6 is 0 Å². The van der Waals surface area contributed by atoms with Crippen LogP contribution in [0.15, 0.2) is 79.4 Å². The third-order valence-corrected chi connectivity index (χ3v) is 4.88. The van der Waals surface area contributed by atoms with Crippen LogP contribution in [-0.4, -0.2) is 49.7 Å². The zero-order valence-electron chi connectivity index (χ0n) is 19.8. The molecule has 0 saturated heterocycles. The zero-order valence-corrected chi connectivity index (χ0v) is 19.8. The van der Waals surface area contributed by atoms with Crippen molar-refractivity contribution < 1.29 is 47.7 Å². The molecule has 0 saturated carbocycles. The second kappa shape index (κ2) is 13.1. The normalized spacial score (nSPS) is 10.0. The fourth-order valence-corrected chi connectivity index (χ4v) is 2.95. The molecule has 0 bridgehead atoms. The summed E-state index contributed by atoms with van der Waals surface area (Å²) in [5.41, 5.74) is 0.741. The molecule has 3 rings (SSSR count). The molecule has 0 unspecified atom stereocenters. The van der Waals surface area contributed by atoms with E-state index in [0.29, 0.717) is 23.7 Å². The highest BCUT2D eigenvalue weighted by molar-refractivity contribution is 5.97. The minimum Gasteiger partial charge on any atom is -0.459 e. The molecule has 3 aromatic rings. The van der Waals surface area contributed by atoms with E-state index in [1.165, 1.54) is 60.7 Å². The maximum Gasteiger partial charge on any atom is 0.343 e. The van der Waals surface area contributed by atoms with Gasteiger partial charge in [-0.15, -0.1) is 0 Å². The number of carbonyl (C=O) groups excluding carboxylic acids is 6. The summed E-state index contributed by atoms with van der Waals surface area (Å²) in [4.78, 5) is 70.7. The van der Waals surface area contributed by atoms with E-state index in [9.17, 15) is 28.8 Å². The van der Waals surface area contributed by atoms with E-state index in [0.717, 1.165) is 12.1 Å². The van der Waals surface area contributed by atoms with E-state index in [1.54, 1.807) is 0 Å². The van der Waals surface area contributed by atoms with Gasteiger partial charge in [0.15, 0.2) is 0 Å². The van der Waals surface area contributed by atoms with Crippen LogP contribution in [0.1, 0.15) is 51.8 Å². The van der Waals surface area contributed by atoms with E-state index in [4.69, 9.17) is 18.9 Å². The first kappa shape index (κ1) is 27.2. The first-order valence-corrected chi connectivity index (χ1v) is 11.0. The summed E-state index contributed by atoms with van der Waals surface area (Å²) in [7, 11) is 0. The molecule has 0 spiro atoms. The predicted octanol–water partition coefficient (Wildman–Crippen LogP) is 3.64. The highest BCUT2D eigenvalue weighted by Gasteiger charge is 2.20. The maximum atomic E-state index is 12.8. The molecule has 0 fully saturated rings. The summed E-state index contributed by atoms with van der Waals surface area (Å²) >= 11 is 0. The van der Waals surface area contributed by atoms with Gasteiger partial charge in [0, 0.05) is 17.2 Å². The lowest BCUT2D eigenvalue weighted by atomic mass is 10.1. The van der Waals surface area contributed by atoms with Crippen molar-refractivity contribution in [3.63, 3.8) is 0 Å². The lowest BCUT2D eigenvalue weighted by Crippen LogP contribution is -2.16. The van der Waals surface area contributed by atoms with Crippen molar-refractivity contribution >= 4 is 36.4 Å². The molecule has 0 heterocycles. The van der Waals surface area contributed by atoms with Gasteiger partial charge in [-0.1, -0.05) is 30.8 Å². The largest absolute Gasteiger partial charge is 0.459 e. The van der Waals surface area contributed by atoms with Gasteiger partial charge in [0.25, 0.3) is 0 Å². The summed E-state index contributed by atoms with van der Waals surface area (Å²) < 4.78 is 20.5. The molecule has 0 aromatic heterocycles. The van der Waals surface area contributed by atoms with E-state index in [1.807, 2.05) is 0 Å².